The van der Waals surface area contributed by atoms with Crippen LogP contribution in [-0.2, 0) is 16.6 Å². The number of hydrogen-bond acceptors (Lipinski definition) is 7. The summed E-state index contributed by atoms with van der Waals surface area (Å²) in [4.78, 5) is 19.8. The Hall–Kier alpha value is -2.70. The molecule has 8 nitrogen and oxygen atoms in total. The molecule has 34 heavy (non-hydrogen) atoms. The van der Waals surface area contributed by atoms with Crippen molar-refractivity contribution in [3.8, 4) is 10.6 Å². The lowest BCUT2D eigenvalue weighted by Gasteiger charge is -2.33. The minimum atomic E-state index is -3.60. The number of fused-ring (bicyclic) bond motifs is 1. The fourth-order valence-electron chi connectivity index (χ4n) is 3.79. The zero-order chi connectivity index (χ0) is 23.9. The maximum atomic E-state index is 14.1. The number of nitrogens with zero attached hydrogens (tertiary/aromatic N) is 5. The first-order chi connectivity index (χ1) is 16.3. The first-order valence-electron chi connectivity index (χ1n) is 10.4. The van der Waals surface area contributed by atoms with Crippen LogP contribution in [0.15, 0.2) is 64.3 Å². The molecule has 0 atom stereocenters. The monoisotopic (exact) mass is 519 g/mol. The molecule has 2 aromatic carbocycles. The summed E-state index contributed by atoms with van der Waals surface area (Å²) in [7, 11) is -3.60. The van der Waals surface area contributed by atoms with Crippen molar-refractivity contribution in [3.63, 3.8) is 0 Å². The van der Waals surface area contributed by atoms with Crippen LogP contribution in [-0.4, -0.2) is 58.4 Å². The van der Waals surface area contributed by atoms with Crippen molar-refractivity contribution in [1.29, 1.82) is 0 Å². The van der Waals surface area contributed by atoms with Gasteiger partial charge in [-0.2, -0.15) is 13.9 Å². The number of halogens is 2. The van der Waals surface area contributed by atoms with Crippen LogP contribution >= 0.6 is 22.9 Å². The van der Waals surface area contributed by atoms with Crippen LogP contribution in [0.5, 0.6) is 0 Å². The highest BCUT2D eigenvalue weighted by Gasteiger charge is 2.28. The highest BCUT2D eigenvalue weighted by Crippen LogP contribution is 2.27. The zero-order valence-electron chi connectivity index (χ0n) is 17.8. The normalized spacial score (nSPS) is 15.7. The second-order valence-corrected chi connectivity index (χ2v) is 11.1. The fraction of sp³-hybridized carbons (Fsp3) is 0.227. The van der Waals surface area contributed by atoms with Crippen molar-refractivity contribution < 1.29 is 12.8 Å². The summed E-state index contributed by atoms with van der Waals surface area (Å²) >= 11 is 7.01. The average Bonchev–Trinajstić information content (AvgIpc) is 3.24. The van der Waals surface area contributed by atoms with E-state index in [1.807, 2.05) is 4.90 Å². The van der Waals surface area contributed by atoms with Gasteiger partial charge in [-0.1, -0.05) is 35.1 Å². The Morgan fingerprint density at radius 2 is 1.74 bits per heavy atom. The van der Waals surface area contributed by atoms with Gasteiger partial charge in [-0.15, -0.1) is 0 Å². The van der Waals surface area contributed by atoms with Crippen molar-refractivity contribution in [3.05, 3.63) is 81.5 Å². The topological polar surface area (TPSA) is 87.9 Å². The van der Waals surface area contributed by atoms with E-state index in [2.05, 4.69) is 10.1 Å². The number of piperazine rings is 1. The molecule has 3 heterocycles. The van der Waals surface area contributed by atoms with Crippen LogP contribution in [0, 0.1) is 5.82 Å². The van der Waals surface area contributed by atoms with Gasteiger partial charge < -0.3 is 0 Å². The second-order valence-electron chi connectivity index (χ2n) is 7.80. The van der Waals surface area contributed by atoms with Crippen molar-refractivity contribution in [2.45, 2.75) is 11.4 Å². The summed E-state index contributed by atoms with van der Waals surface area (Å²) in [5.74, 6) is -0.416. The maximum absolute atomic E-state index is 14.1. The van der Waals surface area contributed by atoms with Gasteiger partial charge in [0.2, 0.25) is 15.0 Å². The fourth-order valence-corrected chi connectivity index (χ4v) is 6.29. The third-order valence-corrected chi connectivity index (χ3v) is 8.68. The highest BCUT2D eigenvalue weighted by molar-refractivity contribution is 7.89. The van der Waals surface area contributed by atoms with Crippen LogP contribution < -0.4 is 5.56 Å². The van der Waals surface area contributed by atoms with Crippen molar-refractivity contribution in [2.75, 3.05) is 26.2 Å². The molecule has 0 amide bonds. The molecule has 1 aliphatic rings. The second kappa shape index (κ2) is 9.16. The van der Waals surface area contributed by atoms with Gasteiger partial charge in [0.1, 0.15) is 5.82 Å². The summed E-state index contributed by atoms with van der Waals surface area (Å²) in [5, 5.41) is 5.08. The minimum Gasteiger partial charge on any atom is -0.295 e. The number of hydrogen-bond donors (Lipinski definition) is 0. The van der Waals surface area contributed by atoms with E-state index in [1.54, 1.807) is 30.3 Å². The van der Waals surface area contributed by atoms with Gasteiger partial charge in [-0.05, 0) is 36.4 Å². The number of aromatic nitrogens is 3. The molecule has 12 heteroatoms. The Morgan fingerprint density at radius 3 is 2.44 bits per heavy atom. The average molecular weight is 520 g/mol. The van der Waals surface area contributed by atoms with Gasteiger partial charge in [-0.25, -0.2) is 17.8 Å². The van der Waals surface area contributed by atoms with Gasteiger partial charge in [0.25, 0.3) is 5.56 Å². The van der Waals surface area contributed by atoms with E-state index in [4.69, 9.17) is 11.6 Å². The molecule has 1 fully saturated rings. The Kier molecular flexibility index (Phi) is 6.21. The molecule has 0 radical (unpaired) electrons. The van der Waals surface area contributed by atoms with E-state index in [9.17, 15) is 17.6 Å². The van der Waals surface area contributed by atoms with Crippen LogP contribution in [0.2, 0.25) is 5.02 Å². The summed E-state index contributed by atoms with van der Waals surface area (Å²) in [6.45, 7) is 2.04. The number of rotatable bonds is 5. The van der Waals surface area contributed by atoms with E-state index < -0.39 is 15.8 Å². The van der Waals surface area contributed by atoms with Crippen LogP contribution in [0.3, 0.4) is 0 Å². The molecule has 0 saturated carbocycles. The van der Waals surface area contributed by atoms with E-state index in [1.165, 1.54) is 33.1 Å². The Balaban J connectivity index is 1.30. The van der Waals surface area contributed by atoms with Gasteiger partial charge in [0.15, 0.2) is 5.01 Å². The molecule has 4 aromatic rings. The molecule has 0 spiro atoms. The molecule has 0 unspecified atom stereocenters. The quantitative estimate of drug-likeness (QED) is 0.402. The molecular weight excluding hydrogens is 501 g/mol. The number of benzene rings is 2. The third kappa shape index (κ3) is 4.49. The Morgan fingerprint density at radius 1 is 1.03 bits per heavy atom. The van der Waals surface area contributed by atoms with Crippen molar-refractivity contribution in [1.82, 2.24) is 23.8 Å². The van der Waals surface area contributed by atoms with Gasteiger partial charge in [0, 0.05) is 49.4 Å². The summed E-state index contributed by atoms with van der Waals surface area (Å²) in [6.07, 6.45) is 0. The first kappa shape index (κ1) is 23.1. The Bertz CT molecular complexity index is 1510. The Labute approximate surface area is 203 Å². The van der Waals surface area contributed by atoms with E-state index in [0.717, 1.165) is 11.3 Å². The molecule has 0 bridgehead atoms. The van der Waals surface area contributed by atoms with Gasteiger partial charge in [0.05, 0.1) is 10.6 Å². The third-order valence-electron chi connectivity index (χ3n) is 5.57. The standard InChI is InChI=1S/C22H19ClFN5O3S2/c23-15-5-7-17(8-6-15)34(31,32)28-11-9-27(10-12-28)14-16-13-20(30)29-22(25-16)33-21(26-29)18-3-1-2-4-19(18)24/h1-8,13H,9-12,14H2. The van der Waals surface area contributed by atoms with Crippen molar-refractivity contribution >= 4 is 37.9 Å². The van der Waals surface area contributed by atoms with Crippen LogP contribution in [0.4, 0.5) is 4.39 Å². The summed E-state index contributed by atoms with van der Waals surface area (Å²) < 4.78 is 42.5. The predicted molar refractivity (Wildman–Crippen MR) is 128 cm³/mol. The molecule has 0 aliphatic carbocycles. The molecule has 1 saturated heterocycles. The lowest BCUT2D eigenvalue weighted by molar-refractivity contribution is 0.180. The largest absolute Gasteiger partial charge is 0.295 e. The molecule has 2 aromatic heterocycles. The molecule has 1 aliphatic heterocycles. The lowest BCUT2D eigenvalue weighted by atomic mass is 10.2. The van der Waals surface area contributed by atoms with Gasteiger partial charge in [-0.3, -0.25) is 9.69 Å². The minimum absolute atomic E-state index is 0.210. The van der Waals surface area contributed by atoms with Crippen LogP contribution in [0.25, 0.3) is 15.5 Å². The molecule has 5 rings (SSSR count). The maximum Gasteiger partial charge on any atom is 0.275 e. The summed E-state index contributed by atoms with van der Waals surface area (Å²) in [5.41, 5.74) is 0.530. The zero-order valence-corrected chi connectivity index (χ0v) is 20.2. The number of sulfonamides is 1. The van der Waals surface area contributed by atoms with E-state index in [-0.39, 0.29) is 10.5 Å². The predicted octanol–water partition coefficient (Wildman–Crippen LogP) is 3.12. The lowest BCUT2D eigenvalue weighted by Crippen LogP contribution is -2.48. The summed E-state index contributed by atoms with van der Waals surface area (Å²) in [6, 6.07) is 13.8. The molecule has 0 N–H and O–H groups in total. The van der Waals surface area contributed by atoms with Crippen LogP contribution in [0.1, 0.15) is 5.69 Å². The van der Waals surface area contributed by atoms with Crippen molar-refractivity contribution in [2.24, 2.45) is 0 Å². The van der Waals surface area contributed by atoms with Gasteiger partial charge >= 0.3 is 0 Å². The highest BCUT2D eigenvalue weighted by atomic mass is 35.5. The smallest absolute Gasteiger partial charge is 0.275 e. The molecular formula is C22H19ClFN5O3S2. The van der Waals surface area contributed by atoms with E-state index >= 15 is 0 Å². The molecule has 176 valence electrons. The SMILES string of the molecule is O=c1cc(CN2CCN(S(=O)(=O)c3ccc(Cl)cc3)CC2)nc2sc(-c3ccccc3F)nn12. The van der Waals surface area contributed by atoms with E-state index in [0.29, 0.717) is 59.0 Å². The first-order valence-corrected chi connectivity index (χ1v) is 13.1.